The first kappa shape index (κ1) is 14.4. The molecule has 17 heavy (non-hydrogen) atoms. The highest BCUT2D eigenvalue weighted by atomic mass is 32.2. The maximum Gasteiger partial charge on any atom is 0.308 e. The molecular formula is C11H21NO4S. The highest BCUT2D eigenvalue weighted by molar-refractivity contribution is 7.89. The van der Waals surface area contributed by atoms with Crippen molar-refractivity contribution >= 4 is 16.0 Å². The van der Waals surface area contributed by atoms with Crippen molar-refractivity contribution in [1.82, 2.24) is 4.72 Å². The lowest BCUT2D eigenvalue weighted by Crippen LogP contribution is -2.46. The SMILES string of the molecule is CC(C)CS(=O)(=O)NC1CCCCC1C(=O)O. The quantitative estimate of drug-likeness (QED) is 0.781. The van der Waals surface area contributed by atoms with Crippen molar-refractivity contribution < 1.29 is 18.3 Å². The number of sulfonamides is 1. The molecule has 100 valence electrons. The summed E-state index contributed by atoms with van der Waals surface area (Å²) >= 11 is 0. The van der Waals surface area contributed by atoms with Gasteiger partial charge in [-0.15, -0.1) is 0 Å². The second-order valence-corrected chi connectivity index (χ2v) is 6.93. The molecule has 0 saturated heterocycles. The second kappa shape index (κ2) is 5.82. The van der Waals surface area contributed by atoms with Crippen molar-refractivity contribution in [2.24, 2.45) is 11.8 Å². The van der Waals surface area contributed by atoms with Crippen LogP contribution in [0.4, 0.5) is 0 Å². The van der Waals surface area contributed by atoms with Gasteiger partial charge < -0.3 is 5.11 Å². The fourth-order valence-corrected chi connectivity index (χ4v) is 4.00. The Morgan fingerprint density at radius 1 is 1.35 bits per heavy atom. The summed E-state index contributed by atoms with van der Waals surface area (Å²) in [7, 11) is -3.36. The van der Waals surface area contributed by atoms with Crippen LogP contribution in [-0.2, 0) is 14.8 Å². The number of rotatable bonds is 5. The van der Waals surface area contributed by atoms with Crippen LogP contribution in [0, 0.1) is 11.8 Å². The van der Waals surface area contributed by atoms with Crippen LogP contribution in [0.15, 0.2) is 0 Å². The van der Waals surface area contributed by atoms with Crippen LogP contribution in [0.2, 0.25) is 0 Å². The maximum atomic E-state index is 11.8. The molecule has 2 unspecified atom stereocenters. The molecule has 0 spiro atoms. The van der Waals surface area contributed by atoms with Crippen LogP contribution < -0.4 is 4.72 Å². The van der Waals surface area contributed by atoms with Gasteiger partial charge in [0.25, 0.3) is 0 Å². The van der Waals surface area contributed by atoms with Crippen molar-refractivity contribution in [2.45, 2.75) is 45.6 Å². The molecule has 0 heterocycles. The van der Waals surface area contributed by atoms with Gasteiger partial charge in [0.2, 0.25) is 10.0 Å². The smallest absolute Gasteiger partial charge is 0.308 e. The van der Waals surface area contributed by atoms with Crippen molar-refractivity contribution in [1.29, 1.82) is 0 Å². The van der Waals surface area contributed by atoms with Gasteiger partial charge in [0.05, 0.1) is 11.7 Å². The van der Waals surface area contributed by atoms with Gasteiger partial charge in [0, 0.05) is 6.04 Å². The third-order valence-electron chi connectivity index (χ3n) is 2.97. The van der Waals surface area contributed by atoms with Crippen molar-refractivity contribution in [3.8, 4) is 0 Å². The standard InChI is InChI=1S/C11H21NO4S/c1-8(2)7-17(15,16)12-10-6-4-3-5-9(10)11(13)14/h8-10,12H,3-7H2,1-2H3,(H,13,14). The van der Waals surface area contributed by atoms with Crippen LogP contribution in [-0.4, -0.2) is 31.3 Å². The summed E-state index contributed by atoms with van der Waals surface area (Å²) in [5.74, 6) is -1.39. The lowest BCUT2D eigenvalue weighted by atomic mass is 9.85. The van der Waals surface area contributed by atoms with Gasteiger partial charge in [-0.1, -0.05) is 26.7 Å². The van der Waals surface area contributed by atoms with E-state index in [4.69, 9.17) is 5.11 Å². The zero-order valence-corrected chi connectivity index (χ0v) is 11.2. The Bertz CT molecular complexity index is 364. The maximum absolute atomic E-state index is 11.8. The third kappa shape index (κ3) is 4.63. The van der Waals surface area contributed by atoms with E-state index in [9.17, 15) is 13.2 Å². The van der Waals surface area contributed by atoms with Gasteiger partial charge in [-0.3, -0.25) is 4.79 Å². The minimum atomic E-state index is -3.36. The number of hydrogen-bond donors (Lipinski definition) is 2. The predicted molar refractivity (Wildman–Crippen MR) is 65.1 cm³/mol. The topological polar surface area (TPSA) is 83.5 Å². The zero-order chi connectivity index (χ0) is 13.1. The first-order chi connectivity index (χ1) is 7.82. The highest BCUT2D eigenvalue weighted by Gasteiger charge is 2.33. The Kier molecular flexibility index (Phi) is 4.94. The molecule has 1 aliphatic rings. The van der Waals surface area contributed by atoms with Crippen LogP contribution in [0.1, 0.15) is 39.5 Å². The molecule has 0 aromatic rings. The Balaban J connectivity index is 2.68. The lowest BCUT2D eigenvalue weighted by Gasteiger charge is -2.29. The number of carbonyl (C=O) groups is 1. The molecule has 1 fully saturated rings. The van der Waals surface area contributed by atoms with Gasteiger partial charge >= 0.3 is 5.97 Å². The van der Waals surface area contributed by atoms with E-state index >= 15 is 0 Å². The normalized spacial score (nSPS) is 26.1. The number of hydrogen-bond acceptors (Lipinski definition) is 3. The molecule has 0 aliphatic heterocycles. The fraction of sp³-hybridized carbons (Fsp3) is 0.909. The van der Waals surface area contributed by atoms with Crippen molar-refractivity contribution in [3.05, 3.63) is 0 Å². The monoisotopic (exact) mass is 263 g/mol. The van der Waals surface area contributed by atoms with E-state index < -0.39 is 28.0 Å². The van der Waals surface area contributed by atoms with Gasteiger partial charge in [-0.05, 0) is 18.8 Å². The Morgan fingerprint density at radius 3 is 2.47 bits per heavy atom. The Morgan fingerprint density at radius 2 is 1.94 bits per heavy atom. The number of aliphatic carboxylic acids is 1. The minimum absolute atomic E-state index is 0.0411. The van der Waals surface area contributed by atoms with Crippen molar-refractivity contribution in [2.75, 3.05) is 5.75 Å². The molecular weight excluding hydrogens is 242 g/mol. The van der Waals surface area contributed by atoms with E-state index in [1.807, 2.05) is 13.8 Å². The number of carboxylic acid groups (broad SMARTS) is 1. The first-order valence-electron chi connectivity index (χ1n) is 6.04. The summed E-state index contributed by atoms with van der Waals surface area (Å²) < 4.78 is 26.1. The zero-order valence-electron chi connectivity index (χ0n) is 10.3. The molecule has 0 bridgehead atoms. The molecule has 0 radical (unpaired) electrons. The lowest BCUT2D eigenvalue weighted by molar-refractivity contribution is -0.143. The average Bonchev–Trinajstić information content (AvgIpc) is 2.14. The molecule has 0 amide bonds. The molecule has 0 aromatic carbocycles. The number of nitrogens with one attached hydrogen (secondary N) is 1. The molecule has 1 aliphatic carbocycles. The summed E-state index contributed by atoms with van der Waals surface area (Å²) in [5, 5.41) is 9.05. The van der Waals surface area contributed by atoms with Crippen LogP contribution in [0.3, 0.4) is 0 Å². The summed E-state index contributed by atoms with van der Waals surface area (Å²) in [6.45, 7) is 3.66. The Hall–Kier alpha value is -0.620. The van der Waals surface area contributed by atoms with E-state index in [-0.39, 0.29) is 11.7 Å². The van der Waals surface area contributed by atoms with E-state index in [1.54, 1.807) is 0 Å². The van der Waals surface area contributed by atoms with E-state index in [2.05, 4.69) is 4.72 Å². The first-order valence-corrected chi connectivity index (χ1v) is 7.70. The molecule has 1 rings (SSSR count). The van der Waals surface area contributed by atoms with Gasteiger partial charge in [0.15, 0.2) is 0 Å². The van der Waals surface area contributed by atoms with E-state index in [1.165, 1.54) is 0 Å². The summed E-state index contributed by atoms with van der Waals surface area (Å²) in [6.07, 6.45) is 2.93. The van der Waals surface area contributed by atoms with Gasteiger partial charge in [-0.25, -0.2) is 13.1 Å². The fourth-order valence-electron chi connectivity index (χ4n) is 2.29. The molecule has 2 N–H and O–H groups in total. The van der Waals surface area contributed by atoms with Crippen LogP contribution >= 0.6 is 0 Å². The summed E-state index contributed by atoms with van der Waals surface area (Å²) in [4.78, 5) is 11.0. The van der Waals surface area contributed by atoms with Crippen LogP contribution in [0.5, 0.6) is 0 Å². The molecule has 1 saturated carbocycles. The third-order valence-corrected chi connectivity index (χ3v) is 4.73. The van der Waals surface area contributed by atoms with E-state index in [0.29, 0.717) is 12.8 Å². The average molecular weight is 263 g/mol. The minimum Gasteiger partial charge on any atom is -0.481 e. The largest absolute Gasteiger partial charge is 0.481 e. The molecule has 2 atom stereocenters. The summed E-state index contributed by atoms with van der Waals surface area (Å²) in [6, 6.07) is -0.440. The van der Waals surface area contributed by atoms with Crippen molar-refractivity contribution in [3.63, 3.8) is 0 Å². The predicted octanol–water partition coefficient (Wildman–Crippen LogP) is 1.21. The molecule has 0 aromatic heterocycles. The summed E-state index contributed by atoms with van der Waals surface area (Å²) in [5.41, 5.74) is 0. The molecule has 5 nitrogen and oxygen atoms in total. The van der Waals surface area contributed by atoms with E-state index in [0.717, 1.165) is 12.8 Å². The Labute approximate surface area is 103 Å². The van der Waals surface area contributed by atoms with Gasteiger partial charge in [-0.2, -0.15) is 0 Å². The van der Waals surface area contributed by atoms with Gasteiger partial charge in [0.1, 0.15) is 0 Å². The molecule has 6 heteroatoms. The number of carboxylic acids is 1. The van der Waals surface area contributed by atoms with Crippen LogP contribution in [0.25, 0.3) is 0 Å². The highest BCUT2D eigenvalue weighted by Crippen LogP contribution is 2.25. The second-order valence-electron chi connectivity index (χ2n) is 5.13.